The van der Waals surface area contributed by atoms with E-state index in [4.69, 9.17) is 11.6 Å². The van der Waals surface area contributed by atoms with Gasteiger partial charge in [0.05, 0.1) is 11.9 Å². The number of halogens is 1. The van der Waals surface area contributed by atoms with Crippen molar-refractivity contribution in [2.24, 2.45) is 0 Å². The summed E-state index contributed by atoms with van der Waals surface area (Å²) in [5, 5.41) is 3.33. The van der Waals surface area contributed by atoms with Gasteiger partial charge in [-0.2, -0.15) is 0 Å². The van der Waals surface area contributed by atoms with E-state index in [1.807, 2.05) is 44.2 Å². The second-order valence-corrected chi connectivity index (χ2v) is 11.0. The Balaban J connectivity index is 2.18. The van der Waals surface area contributed by atoms with E-state index in [0.717, 1.165) is 11.8 Å². The summed E-state index contributed by atoms with van der Waals surface area (Å²) in [6, 6.07) is 13.8. The van der Waals surface area contributed by atoms with Crippen LogP contribution >= 0.6 is 11.6 Å². The lowest BCUT2D eigenvalue weighted by Crippen LogP contribution is -2.49. The van der Waals surface area contributed by atoms with Gasteiger partial charge in [0, 0.05) is 30.6 Å². The Morgan fingerprint density at radius 3 is 2.26 bits per heavy atom. The van der Waals surface area contributed by atoms with Crippen LogP contribution in [0.2, 0.25) is 5.02 Å². The molecule has 7 nitrogen and oxygen atoms in total. The zero-order valence-corrected chi connectivity index (χ0v) is 22.0. The first-order chi connectivity index (χ1) is 15.9. The smallest absolute Gasteiger partial charge is 0.242 e. The van der Waals surface area contributed by atoms with Crippen molar-refractivity contribution >= 4 is 39.1 Å². The van der Waals surface area contributed by atoms with Crippen LogP contribution in [0.5, 0.6) is 0 Å². The van der Waals surface area contributed by atoms with Gasteiger partial charge in [0.15, 0.2) is 0 Å². The van der Waals surface area contributed by atoms with Gasteiger partial charge < -0.3 is 10.2 Å². The number of carbonyl (C=O) groups is 2. The maximum Gasteiger partial charge on any atom is 0.242 e. The minimum Gasteiger partial charge on any atom is -0.352 e. The van der Waals surface area contributed by atoms with Crippen molar-refractivity contribution in [2.75, 3.05) is 17.1 Å². The van der Waals surface area contributed by atoms with E-state index in [1.165, 1.54) is 4.31 Å². The third kappa shape index (κ3) is 7.74. The first kappa shape index (κ1) is 27.7. The Bertz CT molecular complexity index is 1090. The minimum atomic E-state index is -3.58. The molecule has 2 amide bonds. The third-order valence-electron chi connectivity index (χ3n) is 5.45. The van der Waals surface area contributed by atoms with Crippen LogP contribution in [0.15, 0.2) is 48.5 Å². The highest BCUT2D eigenvalue weighted by Crippen LogP contribution is 2.28. The van der Waals surface area contributed by atoms with E-state index in [2.05, 4.69) is 5.32 Å². The van der Waals surface area contributed by atoms with Gasteiger partial charge in [0.25, 0.3) is 0 Å². The van der Waals surface area contributed by atoms with Gasteiger partial charge in [0.2, 0.25) is 21.8 Å². The molecule has 2 aromatic carbocycles. The van der Waals surface area contributed by atoms with Crippen LogP contribution in [-0.2, 0) is 26.2 Å². The summed E-state index contributed by atoms with van der Waals surface area (Å²) in [7, 11) is -3.58. The zero-order valence-electron chi connectivity index (χ0n) is 20.4. The number of hydrogen-bond donors (Lipinski definition) is 1. The normalized spacial score (nSPS) is 12.3. The molecule has 34 heavy (non-hydrogen) atoms. The fraction of sp³-hybridized carbons (Fsp3) is 0.440. The Labute approximate surface area is 208 Å². The molecule has 0 saturated carbocycles. The fourth-order valence-corrected chi connectivity index (χ4v) is 4.80. The second kappa shape index (κ2) is 12.2. The monoisotopic (exact) mass is 507 g/mol. The Kier molecular flexibility index (Phi) is 9.94. The number of hydrogen-bond acceptors (Lipinski definition) is 4. The molecule has 2 aromatic rings. The van der Waals surface area contributed by atoms with Gasteiger partial charge in [-0.3, -0.25) is 13.9 Å². The maximum atomic E-state index is 13.2. The van der Waals surface area contributed by atoms with Crippen molar-refractivity contribution in [1.29, 1.82) is 0 Å². The van der Waals surface area contributed by atoms with Crippen LogP contribution in [0.3, 0.4) is 0 Å². The summed E-state index contributed by atoms with van der Waals surface area (Å²) in [4.78, 5) is 27.4. The van der Waals surface area contributed by atoms with E-state index in [0.29, 0.717) is 22.7 Å². The van der Waals surface area contributed by atoms with Crippen LogP contribution < -0.4 is 9.62 Å². The average molecular weight is 508 g/mol. The van der Waals surface area contributed by atoms with Crippen LogP contribution in [-0.4, -0.2) is 50.0 Å². The van der Waals surface area contributed by atoms with Crippen molar-refractivity contribution in [1.82, 2.24) is 10.2 Å². The van der Waals surface area contributed by atoms with E-state index >= 15 is 0 Å². The SMILES string of the molecule is Cc1c(Cl)cccc1N(CCCC(=O)N(Cc1ccccc1)[C@H](C)C(=O)NC(C)C)S(C)(=O)=O. The number of rotatable bonds is 11. The van der Waals surface area contributed by atoms with Gasteiger partial charge >= 0.3 is 0 Å². The molecule has 0 spiro atoms. The lowest BCUT2D eigenvalue weighted by atomic mass is 10.1. The first-order valence-electron chi connectivity index (χ1n) is 11.3. The van der Waals surface area contributed by atoms with Crippen LogP contribution in [0, 0.1) is 6.92 Å². The minimum absolute atomic E-state index is 0.0483. The molecule has 0 aliphatic heterocycles. The van der Waals surface area contributed by atoms with E-state index in [-0.39, 0.29) is 37.4 Å². The van der Waals surface area contributed by atoms with Gasteiger partial charge in [0.1, 0.15) is 6.04 Å². The molecular weight excluding hydrogens is 474 g/mol. The Morgan fingerprint density at radius 1 is 1.03 bits per heavy atom. The van der Waals surface area contributed by atoms with Crippen molar-refractivity contribution in [3.05, 3.63) is 64.7 Å². The molecule has 0 heterocycles. The van der Waals surface area contributed by atoms with Crippen molar-refractivity contribution in [2.45, 2.75) is 59.2 Å². The molecule has 0 unspecified atom stereocenters. The standard InChI is InChI=1S/C25H34ClN3O4S/c1-18(2)27-25(31)20(4)28(17-21-11-7-6-8-12-21)24(30)15-10-16-29(34(5,32)33)23-14-9-13-22(26)19(23)3/h6-9,11-14,18,20H,10,15-17H2,1-5H3,(H,27,31)/t20-/m1/s1. The average Bonchev–Trinajstić information content (AvgIpc) is 2.76. The predicted octanol–water partition coefficient (Wildman–Crippen LogP) is 4.14. The topological polar surface area (TPSA) is 86.8 Å². The molecule has 2 rings (SSSR count). The number of benzene rings is 2. The molecule has 9 heteroatoms. The molecule has 0 saturated heterocycles. The Morgan fingerprint density at radius 2 is 1.68 bits per heavy atom. The van der Waals surface area contributed by atoms with Gasteiger partial charge in [-0.25, -0.2) is 8.42 Å². The van der Waals surface area contributed by atoms with Crippen molar-refractivity contribution in [3.8, 4) is 0 Å². The highest BCUT2D eigenvalue weighted by atomic mass is 35.5. The first-order valence-corrected chi connectivity index (χ1v) is 13.5. The molecule has 0 fully saturated rings. The molecular formula is C25H34ClN3O4S. The number of sulfonamides is 1. The van der Waals surface area contributed by atoms with E-state index < -0.39 is 16.1 Å². The molecule has 0 aromatic heterocycles. The van der Waals surface area contributed by atoms with Gasteiger partial charge in [-0.1, -0.05) is 48.0 Å². The maximum absolute atomic E-state index is 13.2. The van der Waals surface area contributed by atoms with Crippen LogP contribution in [0.25, 0.3) is 0 Å². The zero-order chi connectivity index (χ0) is 25.5. The van der Waals surface area contributed by atoms with E-state index in [9.17, 15) is 18.0 Å². The molecule has 0 aliphatic carbocycles. The van der Waals surface area contributed by atoms with Crippen molar-refractivity contribution < 1.29 is 18.0 Å². The lowest BCUT2D eigenvalue weighted by Gasteiger charge is -2.30. The number of carbonyl (C=O) groups excluding carboxylic acids is 2. The largest absolute Gasteiger partial charge is 0.352 e. The number of amides is 2. The molecule has 0 bridgehead atoms. The summed E-state index contributed by atoms with van der Waals surface area (Å²) in [5.74, 6) is -0.446. The second-order valence-electron chi connectivity index (χ2n) is 8.67. The number of nitrogens with zero attached hydrogens (tertiary/aromatic N) is 2. The van der Waals surface area contributed by atoms with Crippen LogP contribution in [0.1, 0.15) is 44.7 Å². The molecule has 0 aliphatic rings. The molecule has 1 atom stereocenters. The van der Waals surface area contributed by atoms with Gasteiger partial charge in [-0.15, -0.1) is 0 Å². The lowest BCUT2D eigenvalue weighted by molar-refractivity contribution is -0.140. The summed E-state index contributed by atoms with van der Waals surface area (Å²) in [6.07, 6.45) is 1.52. The number of nitrogens with one attached hydrogen (secondary N) is 1. The van der Waals surface area contributed by atoms with E-state index in [1.54, 1.807) is 36.9 Å². The summed E-state index contributed by atoms with van der Waals surface area (Å²) < 4.78 is 26.2. The van der Waals surface area contributed by atoms with Gasteiger partial charge in [-0.05, 0) is 57.4 Å². The molecule has 186 valence electrons. The molecule has 0 radical (unpaired) electrons. The quantitative estimate of drug-likeness (QED) is 0.495. The van der Waals surface area contributed by atoms with Crippen molar-refractivity contribution in [3.63, 3.8) is 0 Å². The summed E-state index contributed by atoms with van der Waals surface area (Å²) >= 11 is 6.19. The highest BCUT2D eigenvalue weighted by Gasteiger charge is 2.27. The summed E-state index contributed by atoms with van der Waals surface area (Å²) in [6.45, 7) is 7.61. The summed E-state index contributed by atoms with van der Waals surface area (Å²) in [5.41, 5.74) is 2.06. The highest BCUT2D eigenvalue weighted by molar-refractivity contribution is 7.92. The predicted molar refractivity (Wildman–Crippen MR) is 137 cm³/mol. The number of anilines is 1. The van der Waals surface area contributed by atoms with Crippen LogP contribution in [0.4, 0.5) is 5.69 Å². The molecule has 1 N–H and O–H groups in total. The third-order valence-corrected chi connectivity index (χ3v) is 7.04. The Hall–Kier alpha value is -2.58. The fourth-order valence-electron chi connectivity index (χ4n) is 3.62.